The molecule has 1 aliphatic heterocycles. The smallest absolute Gasteiger partial charge is 0.262 e. The highest BCUT2D eigenvalue weighted by atomic mass is 16.5. The Kier molecular flexibility index (Phi) is 8.25. The van der Waals surface area contributed by atoms with Crippen LogP contribution in [0.25, 0.3) is 22.0 Å². The van der Waals surface area contributed by atoms with Crippen molar-refractivity contribution in [3.63, 3.8) is 0 Å². The van der Waals surface area contributed by atoms with Gasteiger partial charge in [-0.05, 0) is 62.7 Å². The molecule has 224 valence electrons. The SMILES string of the molecule is COc1cc2nccc(Oc3ccc(NC(=O)c4cn(C5CCNCC5)cc(-c5ccc(C)cc5)c4=O)nc3)c2cc1OC. The highest BCUT2D eigenvalue weighted by molar-refractivity contribution is 6.04. The molecule has 0 saturated carbocycles. The van der Waals surface area contributed by atoms with Gasteiger partial charge in [-0.25, -0.2) is 4.98 Å². The number of fused-ring (bicyclic) bond motifs is 1. The maximum absolute atomic E-state index is 13.6. The molecule has 1 amide bonds. The number of methoxy groups -OCH3 is 2. The number of carbonyl (C=O) groups excluding carboxylic acids is 1. The van der Waals surface area contributed by atoms with Crippen molar-refractivity contribution in [2.24, 2.45) is 0 Å². The topological polar surface area (TPSA) is 117 Å². The van der Waals surface area contributed by atoms with Crippen LogP contribution in [-0.2, 0) is 0 Å². The lowest BCUT2D eigenvalue weighted by Gasteiger charge is -2.26. The van der Waals surface area contributed by atoms with E-state index in [9.17, 15) is 9.59 Å². The summed E-state index contributed by atoms with van der Waals surface area (Å²) in [7, 11) is 3.14. The normalized spacial score (nSPS) is 13.4. The lowest BCUT2D eigenvalue weighted by atomic mass is 10.0. The molecule has 3 aromatic heterocycles. The molecular formula is C34H33N5O5. The van der Waals surface area contributed by atoms with Gasteiger partial charge in [-0.2, -0.15) is 0 Å². The van der Waals surface area contributed by atoms with Gasteiger partial charge in [0.2, 0.25) is 5.43 Å². The summed E-state index contributed by atoms with van der Waals surface area (Å²) in [5.74, 6) is 1.91. The number of nitrogens with zero attached hydrogens (tertiary/aromatic N) is 3. The fraction of sp³-hybridized carbons (Fsp3) is 0.235. The summed E-state index contributed by atoms with van der Waals surface area (Å²) in [6.45, 7) is 3.76. The van der Waals surface area contributed by atoms with Gasteiger partial charge in [0.1, 0.15) is 22.9 Å². The number of hydrogen-bond donors (Lipinski definition) is 2. The first-order valence-corrected chi connectivity index (χ1v) is 14.4. The van der Waals surface area contributed by atoms with Gasteiger partial charge >= 0.3 is 0 Å². The van der Waals surface area contributed by atoms with Crippen LogP contribution >= 0.6 is 0 Å². The Bertz CT molecular complexity index is 1860. The summed E-state index contributed by atoms with van der Waals surface area (Å²) in [4.78, 5) is 35.9. The summed E-state index contributed by atoms with van der Waals surface area (Å²) in [6, 6.07) is 16.6. The fourth-order valence-electron chi connectivity index (χ4n) is 5.38. The van der Waals surface area contributed by atoms with Gasteiger partial charge < -0.3 is 29.4 Å². The minimum atomic E-state index is -0.519. The molecule has 6 rings (SSSR count). The molecule has 2 aromatic carbocycles. The molecule has 0 atom stereocenters. The number of pyridine rings is 3. The molecule has 0 aliphatic carbocycles. The zero-order valence-electron chi connectivity index (χ0n) is 24.8. The van der Waals surface area contributed by atoms with E-state index in [0.29, 0.717) is 39.9 Å². The fourth-order valence-corrected chi connectivity index (χ4v) is 5.38. The van der Waals surface area contributed by atoms with Crippen LogP contribution < -0.4 is 30.3 Å². The van der Waals surface area contributed by atoms with Crippen molar-refractivity contribution in [1.29, 1.82) is 0 Å². The molecule has 0 unspecified atom stereocenters. The molecule has 1 fully saturated rings. The maximum atomic E-state index is 13.6. The van der Waals surface area contributed by atoms with Crippen molar-refractivity contribution in [2.75, 3.05) is 32.6 Å². The molecule has 10 heteroatoms. The van der Waals surface area contributed by atoms with Crippen LogP contribution in [-0.4, -0.2) is 47.8 Å². The number of carbonyl (C=O) groups is 1. The van der Waals surface area contributed by atoms with Crippen LogP contribution in [0.1, 0.15) is 34.8 Å². The Hall–Kier alpha value is -5.22. The Morgan fingerprint density at radius 3 is 2.39 bits per heavy atom. The molecule has 0 spiro atoms. The molecule has 1 saturated heterocycles. The second-order valence-electron chi connectivity index (χ2n) is 10.7. The first kappa shape index (κ1) is 28.9. The van der Waals surface area contributed by atoms with E-state index in [4.69, 9.17) is 14.2 Å². The third-order valence-electron chi connectivity index (χ3n) is 7.80. The second kappa shape index (κ2) is 12.6. The van der Waals surface area contributed by atoms with Crippen molar-refractivity contribution in [3.05, 3.63) is 101 Å². The Labute approximate surface area is 254 Å². The van der Waals surface area contributed by atoms with Crippen LogP contribution in [0, 0.1) is 6.92 Å². The lowest BCUT2D eigenvalue weighted by molar-refractivity contribution is 0.102. The highest BCUT2D eigenvalue weighted by Crippen LogP contribution is 2.37. The van der Waals surface area contributed by atoms with Crippen molar-refractivity contribution in [2.45, 2.75) is 25.8 Å². The van der Waals surface area contributed by atoms with Crippen molar-refractivity contribution in [3.8, 4) is 34.1 Å². The number of benzene rings is 2. The van der Waals surface area contributed by atoms with Crippen molar-refractivity contribution >= 4 is 22.6 Å². The van der Waals surface area contributed by atoms with Gasteiger partial charge in [-0.3, -0.25) is 14.6 Å². The van der Waals surface area contributed by atoms with E-state index in [1.165, 1.54) is 6.20 Å². The third kappa shape index (κ3) is 5.97. The van der Waals surface area contributed by atoms with Crippen molar-refractivity contribution < 1.29 is 19.0 Å². The predicted octanol–water partition coefficient (Wildman–Crippen LogP) is 5.75. The third-order valence-corrected chi connectivity index (χ3v) is 7.80. The van der Waals surface area contributed by atoms with Crippen LogP contribution in [0.15, 0.2) is 84.2 Å². The van der Waals surface area contributed by atoms with E-state index in [1.807, 2.05) is 42.0 Å². The number of ether oxygens (including phenoxy) is 3. The quantitative estimate of drug-likeness (QED) is 0.234. The molecule has 2 N–H and O–H groups in total. The number of aryl methyl sites for hydroxylation is 1. The van der Waals surface area contributed by atoms with Gasteiger partial charge in [0.25, 0.3) is 5.91 Å². The summed E-state index contributed by atoms with van der Waals surface area (Å²) in [5, 5.41) is 6.90. The zero-order chi connectivity index (χ0) is 30.6. The van der Waals surface area contributed by atoms with Gasteiger partial charge in [0.15, 0.2) is 11.5 Å². The Morgan fingerprint density at radius 1 is 0.932 bits per heavy atom. The first-order chi connectivity index (χ1) is 21.4. The standard InChI is InChI=1S/C34H33N5O5/c1-21-4-6-22(7-5-21)26-19-39(23-10-13-35-14-11-23)20-27(33(26)40)34(41)38-32-9-8-24(18-37-32)44-29-12-15-36-28-17-31(43-3)30(42-2)16-25(28)29/h4-9,12,15-20,23,35H,10-11,13-14H2,1-3H3,(H,37,38,41). The summed E-state index contributed by atoms with van der Waals surface area (Å²) >= 11 is 0. The molecule has 5 aromatic rings. The Balaban J connectivity index is 1.26. The van der Waals surface area contributed by atoms with Crippen LogP contribution in [0.5, 0.6) is 23.0 Å². The average molecular weight is 592 g/mol. The summed E-state index contributed by atoms with van der Waals surface area (Å²) in [5.41, 5.74) is 2.78. The summed E-state index contributed by atoms with van der Waals surface area (Å²) < 4.78 is 19.0. The number of hydrogen-bond acceptors (Lipinski definition) is 8. The summed E-state index contributed by atoms with van der Waals surface area (Å²) in [6.07, 6.45) is 8.52. The van der Waals surface area contributed by atoms with Crippen molar-refractivity contribution in [1.82, 2.24) is 19.9 Å². The predicted molar refractivity (Wildman–Crippen MR) is 169 cm³/mol. The van der Waals surface area contributed by atoms with Crippen LogP contribution in [0.3, 0.4) is 0 Å². The molecular weight excluding hydrogens is 558 g/mol. The molecule has 0 bridgehead atoms. The minimum absolute atomic E-state index is 0.0661. The molecule has 1 aliphatic rings. The van der Waals surface area contributed by atoms with Gasteiger partial charge in [0, 0.05) is 41.6 Å². The zero-order valence-corrected chi connectivity index (χ0v) is 24.8. The van der Waals surface area contributed by atoms with E-state index >= 15 is 0 Å². The van der Waals surface area contributed by atoms with Crippen LogP contribution in [0.2, 0.25) is 0 Å². The van der Waals surface area contributed by atoms with Gasteiger partial charge in [0.05, 0.1) is 25.9 Å². The van der Waals surface area contributed by atoms with E-state index in [-0.39, 0.29) is 17.0 Å². The maximum Gasteiger partial charge on any atom is 0.262 e. The highest BCUT2D eigenvalue weighted by Gasteiger charge is 2.21. The lowest BCUT2D eigenvalue weighted by Crippen LogP contribution is -2.31. The van der Waals surface area contributed by atoms with E-state index in [2.05, 4.69) is 20.6 Å². The number of rotatable bonds is 8. The first-order valence-electron chi connectivity index (χ1n) is 14.4. The molecule has 44 heavy (non-hydrogen) atoms. The minimum Gasteiger partial charge on any atom is -0.493 e. The second-order valence-corrected chi connectivity index (χ2v) is 10.7. The van der Waals surface area contributed by atoms with Crippen LogP contribution in [0.4, 0.5) is 5.82 Å². The average Bonchev–Trinajstić information content (AvgIpc) is 3.06. The van der Waals surface area contributed by atoms with Gasteiger partial charge in [-0.15, -0.1) is 0 Å². The van der Waals surface area contributed by atoms with Gasteiger partial charge in [-0.1, -0.05) is 29.8 Å². The van der Waals surface area contributed by atoms with E-state index < -0.39 is 5.91 Å². The van der Waals surface area contributed by atoms with E-state index in [1.54, 1.807) is 56.9 Å². The number of amides is 1. The Morgan fingerprint density at radius 2 is 1.68 bits per heavy atom. The number of nitrogens with one attached hydrogen (secondary N) is 2. The number of aromatic nitrogens is 3. The largest absolute Gasteiger partial charge is 0.493 e. The molecule has 4 heterocycles. The van der Waals surface area contributed by atoms with E-state index in [0.717, 1.165) is 42.4 Å². The number of anilines is 1. The number of piperidine rings is 1. The molecule has 0 radical (unpaired) electrons. The molecule has 10 nitrogen and oxygen atoms in total. The monoisotopic (exact) mass is 591 g/mol.